The maximum Gasteiger partial charge on any atom is 0.416 e. The molecule has 0 saturated carbocycles. The van der Waals surface area contributed by atoms with Gasteiger partial charge in [0.2, 0.25) is 0 Å². The Morgan fingerprint density at radius 3 is 2.26 bits per heavy atom. The van der Waals surface area contributed by atoms with E-state index in [1.54, 1.807) is 35.1 Å². The molecule has 1 N–H and O–H groups in total. The van der Waals surface area contributed by atoms with Gasteiger partial charge in [-0.05, 0) is 67.9 Å². The highest BCUT2D eigenvalue weighted by atomic mass is 19.4. The number of alkyl halides is 3. The molecule has 0 amide bonds. The van der Waals surface area contributed by atoms with Crippen LogP contribution in [0, 0.1) is 0 Å². The van der Waals surface area contributed by atoms with Crippen LogP contribution in [0.5, 0.6) is 11.5 Å². The maximum absolute atomic E-state index is 12.8. The first-order chi connectivity index (χ1) is 16.5. The van der Waals surface area contributed by atoms with E-state index in [4.69, 9.17) is 14.6 Å². The number of halogens is 3. The van der Waals surface area contributed by atoms with Gasteiger partial charge in [0.15, 0.2) is 5.60 Å². The van der Waals surface area contributed by atoms with E-state index in [0.717, 1.165) is 28.6 Å². The van der Waals surface area contributed by atoms with Crippen LogP contribution in [0.1, 0.15) is 25.0 Å². The molecular formula is C26H23F3N2O4. The number of carboxylic acids is 1. The number of rotatable bonds is 8. The number of carbonyl (C=O) groups is 1. The third-order valence-corrected chi connectivity index (χ3v) is 5.43. The Morgan fingerprint density at radius 2 is 1.63 bits per heavy atom. The van der Waals surface area contributed by atoms with Crippen LogP contribution in [-0.4, -0.2) is 33.1 Å². The Balaban J connectivity index is 1.42. The fourth-order valence-electron chi connectivity index (χ4n) is 3.46. The van der Waals surface area contributed by atoms with E-state index in [1.165, 1.54) is 26.0 Å². The fraction of sp³-hybridized carbons (Fsp3) is 0.231. The maximum atomic E-state index is 12.8. The van der Waals surface area contributed by atoms with Crippen molar-refractivity contribution in [2.24, 2.45) is 0 Å². The molecule has 4 rings (SSSR count). The van der Waals surface area contributed by atoms with E-state index in [9.17, 15) is 18.0 Å². The molecule has 0 aliphatic heterocycles. The SMILES string of the molecule is CC(C)(Oc1ccc(OCCc2cccc3cn(-c4ccc(C(F)(F)F)cc4)nc23)cc1)C(=O)O. The molecule has 0 saturated heterocycles. The molecule has 0 spiro atoms. The second-order valence-corrected chi connectivity index (χ2v) is 8.46. The van der Waals surface area contributed by atoms with E-state index in [-0.39, 0.29) is 0 Å². The van der Waals surface area contributed by atoms with Gasteiger partial charge in [-0.15, -0.1) is 0 Å². The Hall–Kier alpha value is -4.01. The van der Waals surface area contributed by atoms with Crippen LogP contribution >= 0.6 is 0 Å². The van der Waals surface area contributed by atoms with Gasteiger partial charge in [-0.25, -0.2) is 9.48 Å². The number of ether oxygens (including phenoxy) is 2. The first-order valence-electron chi connectivity index (χ1n) is 10.8. The van der Waals surface area contributed by atoms with Gasteiger partial charge in [-0.1, -0.05) is 18.2 Å². The number of hydrogen-bond acceptors (Lipinski definition) is 4. The van der Waals surface area contributed by atoms with Crippen molar-refractivity contribution in [2.45, 2.75) is 32.0 Å². The number of fused-ring (bicyclic) bond motifs is 1. The summed E-state index contributed by atoms with van der Waals surface area (Å²) in [6.07, 6.45) is -2.05. The molecule has 1 aromatic heterocycles. The van der Waals surface area contributed by atoms with E-state index < -0.39 is 23.3 Å². The molecule has 4 aromatic rings. The summed E-state index contributed by atoms with van der Waals surface area (Å²) in [6, 6.07) is 17.3. The summed E-state index contributed by atoms with van der Waals surface area (Å²) in [4.78, 5) is 11.2. The van der Waals surface area contributed by atoms with Crippen LogP contribution in [0.15, 0.2) is 72.9 Å². The Bertz CT molecular complexity index is 1330. The second-order valence-electron chi connectivity index (χ2n) is 8.46. The summed E-state index contributed by atoms with van der Waals surface area (Å²) >= 11 is 0. The molecule has 0 bridgehead atoms. The van der Waals surface area contributed by atoms with Gasteiger partial charge < -0.3 is 14.6 Å². The summed E-state index contributed by atoms with van der Waals surface area (Å²) in [7, 11) is 0. The molecule has 182 valence electrons. The van der Waals surface area contributed by atoms with Gasteiger partial charge >= 0.3 is 12.1 Å². The lowest BCUT2D eigenvalue weighted by molar-refractivity contribution is -0.152. The standard InChI is InChI=1S/C26H23F3N2O4/c1-25(2,24(32)33)35-22-12-10-21(11-13-22)34-15-14-17-4-3-5-18-16-31(30-23(17)18)20-8-6-19(7-9-20)26(27,28)29/h3-13,16H,14-15H2,1-2H3,(H,32,33). The van der Waals surface area contributed by atoms with Gasteiger partial charge in [-0.2, -0.15) is 18.3 Å². The molecule has 0 unspecified atom stereocenters. The second kappa shape index (κ2) is 9.32. The van der Waals surface area contributed by atoms with Gasteiger partial charge in [0.1, 0.15) is 11.5 Å². The zero-order chi connectivity index (χ0) is 25.2. The van der Waals surface area contributed by atoms with Gasteiger partial charge in [-0.3, -0.25) is 0 Å². The topological polar surface area (TPSA) is 73.6 Å². The number of benzene rings is 3. The summed E-state index contributed by atoms with van der Waals surface area (Å²) in [5.74, 6) is -0.0379. The van der Waals surface area contributed by atoms with Crippen molar-refractivity contribution in [3.63, 3.8) is 0 Å². The molecular weight excluding hydrogens is 461 g/mol. The predicted octanol–water partition coefficient (Wildman–Crippen LogP) is 5.91. The van der Waals surface area contributed by atoms with Crippen LogP contribution < -0.4 is 9.47 Å². The van der Waals surface area contributed by atoms with Crippen LogP contribution in [-0.2, 0) is 17.4 Å². The Morgan fingerprint density at radius 1 is 0.971 bits per heavy atom. The fourth-order valence-corrected chi connectivity index (χ4v) is 3.46. The van der Waals surface area contributed by atoms with Crippen molar-refractivity contribution in [1.29, 1.82) is 0 Å². The molecule has 0 atom stereocenters. The Labute approximate surface area is 199 Å². The summed E-state index contributed by atoms with van der Waals surface area (Å²) in [5.41, 5.74) is 0.169. The highest BCUT2D eigenvalue weighted by Gasteiger charge is 2.30. The molecule has 0 fully saturated rings. The van der Waals surface area contributed by atoms with Crippen molar-refractivity contribution in [3.05, 3.63) is 84.1 Å². The lowest BCUT2D eigenvalue weighted by atomic mass is 10.1. The lowest BCUT2D eigenvalue weighted by Gasteiger charge is -2.21. The first-order valence-corrected chi connectivity index (χ1v) is 10.8. The largest absolute Gasteiger partial charge is 0.493 e. The molecule has 0 aliphatic rings. The number of nitrogens with zero attached hydrogens (tertiary/aromatic N) is 2. The predicted molar refractivity (Wildman–Crippen MR) is 124 cm³/mol. The minimum absolute atomic E-state index is 0.368. The summed E-state index contributed by atoms with van der Waals surface area (Å²) in [5, 5.41) is 14.6. The smallest absolute Gasteiger partial charge is 0.416 e. The molecule has 3 aromatic carbocycles. The van der Waals surface area contributed by atoms with E-state index in [2.05, 4.69) is 5.10 Å². The number of hydrogen-bond donors (Lipinski definition) is 1. The molecule has 9 heteroatoms. The van der Waals surface area contributed by atoms with Crippen molar-refractivity contribution in [3.8, 4) is 17.2 Å². The third-order valence-electron chi connectivity index (χ3n) is 5.43. The molecule has 0 radical (unpaired) electrons. The first kappa shape index (κ1) is 24.1. The zero-order valence-corrected chi connectivity index (χ0v) is 19.0. The lowest BCUT2D eigenvalue weighted by Crippen LogP contribution is -2.37. The van der Waals surface area contributed by atoms with Crippen LogP contribution in [0.4, 0.5) is 13.2 Å². The normalized spacial score (nSPS) is 12.0. The minimum Gasteiger partial charge on any atom is -0.493 e. The van der Waals surface area contributed by atoms with Crippen LogP contribution in [0.25, 0.3) is 16.6 Å². The monoisotopic (exact) mass is 484 g/mol. The molecule has 0 aliphatic carbocycles. The van der Waals surface area contributed by atoms with E-state index >= 15 is 0 Å². The average molecular weight is 484 g/mol. The van der Waals surface area contributed by atoms with Crippen molar-refractivity contribution in [1.82, 2.24) is 9.78 Å². The van der Waals surface area contributed by atoms with Gasteiger partial charge in [0.25, 0.3) is 0 Å². The van der Waals surface area contributed by atoms with Gasteiger partial charge in [0.05, 0.1) is 23.4 Å². The Kier molecular flexibility index (Phi) is 6.43. The van der Waals surface area contributed by atoms with Gasteiger partial charge in [0, 0.05) is 18.0 Å². The highest BCUT2D eigenvalue weighted by molar-refractivity contribution is 5.82. The number of aliphatic carboxylic acids is 1. The highest BCUT2D eigenvalue weighted by Crippen LogP contribution is 2.30. The minimum atomic E-state index is -4.39. The van der Waals surface area contributed by atoms with Crippen molar-refractivity contribution in [2.75, 3.05) is 6.61 Å². The van der Waals surface area contributed by atoms with Crippen LogP contribution in [0.3, 0.4) is 0 Å². The van der Waals surface area contributed by atoms with Crippen molar-refractivity contribution < 1.29 is 32.5 Å². The third kappa shape index (κ3) is 5.56. The summed E-state index contributed by atoms with van der Waals surface area (Å²) < 4.78 is 51.4. The molecule has 1 heterocycles. The van der Waals surface area contributed by atoms with Crippen LogP contribution in [0.2, 0.25) is 0 Å². The average Bonchev–Trinajstić information content (AvgIpc) is 3.25. The summed E-state index contributed by atoms with van der Waals surface area (Å²) in [6.45, 7) is 3.31. The van der Waals surface area contributed by atoms with Crippen molar-refractivity contribution >= 4 is 16.9 Å². The number of aromatic nitrogens is 2. The molecule has 6 nitrogen and oxygen atoms in total. The van der Waals surface area contributed by atoms with E-state index in [1.807, 2.05) is 18.2 Å². The quantitative estimate of drug-likeness (QED) is 0.337. The number of carboxylic acid groups (broad SMARTS) is 1. The zero-order valence-electron chi connectivity index (χ0n) is 19.0. The molecule has 35 heavy (non-hydrogen) atoms. The van der Waals surface area contributed by atoms with E-state index in [0.29, 0.717) is 30.2 Å².